The predicted molar refractivity (Wildman–Crippen MR) is 156 cm³/mol. The molecule has 0 radical (unpaired) electrons. The Kier molecular flexibility index (Phi) is 6.88. The van der Waals surface area contributed by atoms with E-state index in [1.807, 2.05) is 72.9 Å². The second-order valence-corrected chi connectivity index (χ2v) is 11.9. The van der Waals surface area contributed by atoms with Gasteiger partial charge in [0.1, 0.15) is 11.5 Å². The summed E-state index contributed by atoms with van der Waals surface area (Å²) < 4.78 is 34.5. The molecule has 4 aromatic carbocycles. The summed E-state index contributed by atoms with van der Waals surface area (Å²) in [4.78, 5) is 15.8. The van der Waals surface area contributed by atoms with E-state index in [1.54, 1.807) is 28.6 Å². The molecule has 2 heterocycles. The van der Waals surface area contributed by atoms with Gasteiger partial charge in [-0.2, -0.15) is 4.31 Å². The van der Waals surface area contributed by atoms with Gasteiger partial charge in [0.15, 0.2) is 0 Å². The molecule has 202 valence electrons. The van der Waals surface area contributed by atoms with Crippen LogP contribution in [0.5, 0.6) is 11.5 Å². The number of hydrogen-bond acceptors (Lipinski definition) is 4. The molecule has 5 aromatic rings. The Morgan fingerprint density at radius 3 is 2.20 bits per heavy atom. The summed E-state index contributed by atoms with van der Waals surface area (Å²) in [5.41, 5.74) is 9.90. The minimum atomic E-state index is -3.69. The van der Waals surface area contributed by atoms with Crippen LogP contribution in [0.3, 0.4) is 0 Å². The quantitative estimate of drug-likeness (QED) is 0.248. The molecule has 1 amide bonds. The first kappa shape index (κ1) is 25.9. The molecule has 0 atom stereocenters. The fourth-order valence-electron chi connectivity index (χ4n) is 5.46. The van der Waals surface area contributed by atoms with E-state index in [-0.39, 0.29) is 10.8 Å². The standard InChI is InChI=1S/C32H29N3O4S/c33-32(36)29-19-24(22-8-3-1-4-9-22)18-28-30(21-34-31(28)29)23-14-16-35(17-15-23)40(37,38)27-13-7-12-26(20-27)39-25-10-5-2-6-11-25/h1-13,18-21,23,34H,14-17H2,(H2,33,36). The van der Waals surface area contributed by atoms with Crippen molar-refractivity contribution in [1.29, 1.82) is 0 Å². The van der Waals surface area contributed by atoms with Gasteiger partial charge in [-0.1, -0.05) is 54.6 Å². The molecular weight excluding hydrogens is 522 g/mol. The van der Waals surface area contributed by atoms with Crippen molar-refractivity contribution in [2.45, 2.75) is 23.7 Å². The number of primary amides is 1. The first-order valence-electron chi connectivity index (χ1n) is 13.2. The minimum Gasteiger partial charge on any atom is -0.457 e. The zero-order valence-electron chi connectivity index (χ0n) is 21.8. The molecule has 6 rings (SSSR count). The van der Waals surface area contributed by atoms with Gasteiger partial charge in [-0.3, -0.25) is 4.79 Å². The number of sulfonamides is 1. The molecule has 0 spiro atoms. The van der Waals surface area contributed by atoms with E-state index in [9.17, 15) is 13.2 Å². The lowest BCUT2D eigenvalue weighted by molar-refractivity contribution is 0.100. The van der Waals surface area contributed by atoms with E-state index in [1.165, 1.54) is 0 Å². The van der Waals surface area contributed by atoms with Crippen LogP contribution >= 0.6 is 0 Å². The predicted octanol–water partition coefficient (Wildman–Crippen LogP) is 6.29. The van der Waals surface area contributed by atoms with E-state index < -0.39 is 15.9 Å². The Bertz CT molecular complexity index is 1780. The molecule has 0 unspecified atom stereocenters. The Hall–Kier alpha value is -4.40. The van der Waals surface area contributed by atoms with Gasteiger partial charge in [0, 0.05) is 30.7 Å². The third-order valence-corrected chi connectivity index (χ3v) is 9.40. The smallest absolute Gasteiger partial charge is 0.250 e. The van der Waals surface area contributed by atoms with Crippen molar-refractivity contribution in [3.05, 3.63) is 114 Å². The molecule has 40 heavy (non-hydrogen) atoms. The van der Waals surface area contributed by atoms with Crippen molar-refractivity contribution in [3.63, 3.8) is 0 Å². The lowest BCUT2D eigenvalue weighted by atomic mass is 9.88. The molecule has 0 bridgehead atoms. The van der Waals surface area contributed by atoms with E-state index in [0.717, 1.165) is 22.1 Å². The average molecular weight is 552 g/mol. The summed E-state index contributed by atoms with van der Waals surface area (Å²) in [5.74, 6) is 0.766. The largest absolute Gasteiger partial charge is 0.457 e. The zero-order valence-corrected chi connectivity index (χ0v) is 22.6. The molecule has 0 aliphatic carbocycles. The Morgan fingerprint density at radius 1 is 0.825 bits per heavy atom. The van der Waals surface area contributed by atoms with Gasteiger partial charge < -0.3 is 15.5 Å². The van der Waals surface area contributed by atoms with Gasteiger partial charge in [-0.05, 0) is 71.8 Å². The number of carbonyl (C=O) groups is 1. The van der Waals surface area contributed by atoms with Gasteiger partial charge in [-0.15, -0.1) is 0 Å². The van der Waals surface area contributed by atoms with Crippen LogP contribution in [-0.4, -0.2) is 36.7 Å². The summed E-state index contributed by atoms with van der Waals surface area (Å²) in [6.45, 7) is 0.787. The molecule has 1 fully saturated rings. The van der Waals surface area contributed by atoms with Gasteiger partial charge in [0.2, 0.25) is 10.0 Å². The Morgan fingerprint density at radius 2 is 1.50 bits per heavy atom. The molecular formula is C32H29N3O4S. The van der Waals surface area contributed by atoms with Crippen molar-refractivity contribution in [2.24, 2.45) is 5.73 Å². The molecule has 1 aromatic heterocycles. The second-order valence-electron chi connectivity index (χ2n) is 9.99. The highest BCUT2D eigenvalue weighted by atomic mass is 32.2. The zero-order chi connectivity index (χ0) is 27.7. The maximum absolute atomic E-state index is 13.5. The van der Waals surface area contributed by atoms with Crippen LogP contribution in [0.4, 0.5) is 0 Å². The number of H-pyrrole nitrogens is 1. The van der Waals surface area contributed by atoms with Crippen molar-refractivity contribution in [2.75, 3.05) is 13.1 Å². The summed E-state index contributed by atoms with van der Waals surface area (Å²) in [5, 5.41) is 0.947. The van der Waals surface area contributed by atoms with Crippen LogP contribution in [0.15, 0.2) is 108 Å². The number of nitrogens with zero attached hydrogens (tertiary/aromatic N) is 1. The number of aromatic amines is 1. The number of para-hydroxylation sites is 1. The molecule has 3 N–H and O–H groups in total. The van der Waals surface area contributed by atoms with Crippen molar-refractivity contribution >= 4 is 26.8 Å². The number of benzene rings is 4. The monoisotopic (exact) mass is 551 g/mol. The Balaban J connectivity index is 1.23. The van der Waals surface area contributed by atoms with Crippen LogP contribution in [0, 0.1) is 0 Å². The maximum Gasteiger partial charge on any atom is 0.250 e. The highest BCUT2D eigenvalue weighted by molar-refractivity contribution is 7.89. The first-order chi connectivity index (χ1) is 19.4. The van der Waals surface area contributed by atoms with Crippen LogP contribution in [-0.2, 0) is 10.0 Å². The SMILES string of the molecule is NC(=O)c1cc(-c2ccccc2)cc2c(C3CCN(S(=O)(=O)c4cccc(Oc5ccccc5)c4)CC3)c[nH]c12. The lowest BCUT2D eigenvalue weighted by Gasteiger charge is -2.31. The third kappa shape index (κ3) is 4.99. The number of aromatic nitrogens is 1. The van der Waals surface area contributed by atoms with Crippen LogP contribution < -0.4 is 10.5 Å². The number of nitrogens with two attached hydrogens (primary N) is 1. The van der Waals surface area contributed by atoms with Gasteiger partial charge in [-0.25, -0.2) is 8.42 Å². The van der Waals surface area contributed by atoms with E-state index in [2.05, 4.69) is 11.1 Å². The van der Waals surface area contributed by atoms with E-state index in [0.29, 0.717) is 48.5 Å². The second kappa shape index (κ2) is 10.6. The third-order valence-electron chi connectivity index (χ3n) is 7.51. The Labute approximate surface area is 233 Å². The molecule has 8 heteroatoms. The maximum atomic E-state index is 13.5. The molecule has 1 aliphatic rings. The first-order valence-corrected chi connectivity index (χ1v) is 14.7. The van der Waals surface area contributed by atoms with Gasteiger partial charge in [0.25, 0.3) is 5.91 Å². The van der Waals surface area contributed by atoms with Gasteiger partial charge in [0.05, 0.1) is 16.0 Å². The molecule has 1 saturated heterocycles. The number of fused-ring (bicyclic) bond motifs is 1. The average Bonchev–Trinajstić information content (AvgIpc) is 3.42. The normalized spacial score (nSPS) is 14.8. The summed E-state index contributed by atoms with van der Waals surface area (Å²) in [7, 11) is -3.69. The van der Waals surface area contributed by atoms with Crippen molar-refractivity contribution < 1.29 is 17.9 Å². The topological polar surface area (TPSA) is 105 Å². The number of ether oxygens (including phenoxy) is 1. The lowest BCUT2D eigenvalue weighted by Crippen LogP contribution is -2.37. The fraction of sp³-hybridized carbons (Fsp3) is 0.156. The van der Waals surface area contributed by atoms with Crippen molar-refractivity contribution in [1.82, 2.24) is 9.29 Å². The van der Waals surface area contributed by atoms with Crippen LogP contribution in [0.1, 0.15) is 34.7 Å². The number of amides is 1. The van der Waals surface area contributed by atoms with Gasteiger partial charge >= 0.3 is 0 Å². The number of carbonyl (C=O) groups excluding carboxylic acids is 1. The fourth-order valence-corrected chi connectivity index (χ4v) is 6.97. The van der Waals surface area contributed by atoms with Crippen LogP contribution in [0.2, 0.25) is 0 Å². The number of hydrogen-bond donors (Lipinski definition) is 2. The number of rotatable bonds is 7. The number of nitrogens with one attached hydrogen (secondary N) is 1. The van der Waals surface area contributed by atoms with E-state index >= 15 is 0 Å². The molecule has 7 nitrogen and oxygen atoms in total. The van der Waals surface area contributed by atoms with Crippen molar-refractivity contribution in [3.8, 4) is 22.6 Å². The number of piperidine rings is 1. The van der Waals surface area contributed by atoms with Crippen LogP contribution in [0.25, 0.3) is 22.0 Å². The molecule has 0 saturated carbocycles. The highest BCUT2D eigenvalue weighted by Gasteiger charge is 2.31. The van der Waals surface area contributed by atoms with E-state index in [4.69, 9.17) is 10.5 Å². The summed E-state index contributed by atoms with van der Waals surface area (Å²) >= 11 is 0. The molecule has 1 aliphatic heterocycles. The summed E-state index contributed by atoms with van der Waals surface area (Å²) in [6, 6.07) is 29.7. The summed E-state index contributed by atoms with van der Waals surface area (Å²) in [6.07, 6.45) is 3.26. The minimum absolute atomic E-state index is 0.139. The highest BCUT2D eigenvalue weighted by Crippen LogP contribution is 2.38.